The third-order valence-corrected chi connectivity index (χ3v) is 6.99. The van der Waals surface area contributed by atoms with Gasteiger partial charge < -0.3 is 9.47 Å². The molecule has 0 radical (unpaired) electrons. The molecule has 1 aliphatic heterocycles. The number of ether oxygens (including phenoxy) is 2. The molecule has 7 heteroatoms. The summed E-state index contributed by atoms with van der Waals surface area (Å²) in [5.74, 6) is 1.96. The predicted octanol–water partition coefficient (Wildman–Crippen LogP) is 4.84. The molecule has 5 rings (SSSR count). The normalized spacial score (nSPS) is 15.9. The van der Waals surface area contributed by atoms with E-state index in [1.54, 1.807) is 6.20 Å². The molecule has 1 saturated heterocycles. The fraction of sp³-hybridized carbons (Fsp3) is 0.357. The van der Waals surface area contributed by atoms with Gasteiger partial charge in [-0.05, 0) is 49.4 Å². The Morgan fingerprint density at radius 3 is 2.60 bits per heavy atom. The third kappa shape index (κ3) is 5.07. The summed E-state index contributed by atoms with van der Waals surface area (Å²) in [6.45, 7) is 11.2. The van der Waals surface area contributed by atoms with Crippen LogP contribution in [0.4, 0.5) is 11.5 Å². The van der Waals surface area contributed by atoms with Crippen molar-refractivity contribution in [2.75, 3.05) is 45.9 Å². The maximum atomic E-state index is 5.95. The summed E-state index contributed by atoms with van der Waals surface area (Å²) in [7, 11) is 0. The lowest BCUT2D eigenvalue weighted by atomic mass is 10.1. The van der Waals surface area contributed by atoms with E-state index in [1.165, 1.54) is 11.3 Å². The second-order valence-electron chi connectivity index (χ2n) is 9.20. The molecule has 7 nitrogen and oxygen atoms in total. The second kappa shape index (κ2) is 10.6. The van der Waals surface area contributed by atoms with Gasteiger partial charge in [-0.3, -0.25) is 9.88 Å². The molecule has 0 atom stereocenters. The van der Waals surface area contributed by atoms with Crippen LogP contribution in [0.3, 0.4) is 0 Å². The fourth-order valence-corrected chi connectivity index (χ4v) is 4.89. The average Bonchev–Trinajstić information content (AvgIpc) is 3.33. The molecule has 0 spiro atoms. The molecule has 0 aliphatic carbocycles. The first-order valence-electron chi connectivity index (χ1n) is 12.4. The highest BCUT2D eigenvalue weighted by Gasteiger charge is 2.40. The van der Waals surface area contributed by atoms with Gasteiger partial charge in [0.2, 0.25) is 5.82 Å². The molecular formula is C28H34N5O2+. The molecule has 0 amide bonds. The van der Waals surface area contributed by atoms with Gasteiger partial charge >= 0.3 is 0 Å². The number of nitrogens with zero attached hydrogens (tertiary/aromatic N) is 4. The van der Waals surface area contributed by atoms with E-state index in [4.69, 9.17) is 14.6 Å². The van der Waals surface area contributed by atoms with Crippen LogP contribution in [-0.2, 0) is 11.3 Å². The minimum absolute atomic E-state index is 0.485. The van der Waals surface area contributed by atoms with Crippen molar-refractivity contribution in [3.63, 3.8) is 0 Å². The molecule has 4 aromatic rings. The zero-order valence-electron chi connectivity index (χ0n) is 20.6. The molecule has 0 unspecified atom stereocenters. The van der Waals surface area contributed by atoms with Crippen LogP contribution in [0.15, 0.2) is 67.0 Å². The minimum Gasteiger partial charge on any atom is -0.491 e. The molecule has 3 heterocycles. The van der Waals surface area contributed by atoms with Gasteiger partial charge in [-0.2, -0.15) is 5.10 Å². The summed E-state index contributed by atoms with van der Waals surface area (Å²) in [4.78, 5) is 6.63. The molecule has 2 aromatic heterocycles. The SMILES string of the molecule is CCN1CC[N+](c2ccc(C)cc2)(c2[nH]nc3cc(OCCOCc4cccnc4)ccc23)CC1. The van der Waals surface area contributed by atoms with Crippen molar-refractivity contribution in [3.8, 4) is 5.75 Å². The molecule has 182 valence electrons. The number of hydrogen-bond donors (Lipinski definition) is 1. The van der Waals surface area contributed by atoms with Crippen LogP contribution in [0.2, 0.25) is 0 Å². The lowest BCUT2D eigenvalue weighted by Gasteiger charge is -2.42. The van der Waals surface area contributed by atoms with Crippen LogP contribution in [0.1, 0.15) is 18.1 Å². The molecule has 0 saturated carbocycles. The number of piperazine rings is 1. The van der Waals surface area contributed by atoms with Gasteiger partial charge in [-0.25, -0.2) is 9.58 Å². The van der Waals surface area contributed by atoms with E-state index in [0.29, 0.717) is 19.8 Å². The number of rotatable bonds is 9. The number of aromatic amines is 1. The van der Waals surface area contributed by atoms with Crippen molar-refractivity contribution in [1.29, 1.82) is 0 Å². The Hall–Kier alpha value is -3.26. The van der Waals surface area contributed by atoms with Gasteiger partial charge in [0.25, 0.3) is 0 Å². The number of pyridine rings is 1. The lowest BCUT2D eigenvalue weighted by molar-refractivity contribution is 0.0888. The number of aromatic nitrogens is 3. The van der Waals surface area contributed by atoms with Crippen molar-refractivity contribution < 1.29 is 9.47 Å². The second-order valence-corrected chi connectivity index (χ2v) is 9.20. The van der Waals surface area contributed by atoms with Crippen LogP contribution < -0.4 is 9.22 Å². The molecule has 0 bridgehead atoms. The quantitative estimate of drug-likeness (QED) is 0.279. The number of likely N-dealkylation sites (N-methyl/N-ethyl adjacent to an activating group) is 1. The maximum absolute atomic E-state index is 5.95. The first-order chi connectivity index (χ1) is 17.2. The lowest BCUT2D eigenvalue weighted by Crippen LogP contribution is -2.57. The topological polar surface area (TPSA) is 63.3 Å². The largest absolute Gasteiger partial charge is 0.491 e. The van der Waals surface area contributed by atoms with Gasteiger partial charge in [0.15, 0.2) is 0 Å². The van der Waals surface area contributed by atoms with Crippen molar-refractivity contribution in [2.45, 2.75) is 20.5 Å². The first-order valence-corrected chi connectivity index (χ1v) is 12.4. The molecular weight excluding hydrogens is 438 g/mol. The highest BCUT2D eigenvalue weighted by atomic mass is 16.5. The van der Waals surface area contributed by atoms with E-state index in [-0.39, 0.29) is 0 Å². The summed E-state index contributed by atoms with van der Waals surface area (Å²) in [5, 5.41) is 9.25. The fourth-order valence-electron chi connectivity index (χ4n) is 4.89. The van der Waals surface area contributed by atoms with E-state index in [1.807, 2.05) is 30.5 Å². The van der Waals surface area contributed by atoms with Gasteiger partial charge in [-0.15, -0.1) is 0 Å². The summed E-state index contributed by atoms with van der Waals surface area (Å²) < 4.78 is 12.4. The van der Waals surface area contributed by atoms with E-state index in [2.05, 4.69) is 59.2 Å². The summed E-state index contributed by atoms with van der Waals surface area (Å²) >= 11 is 0. The number of quaternary nitrogens is 1. The Morgan fingerprint density at radius 1 is 1.03 bits per heavy atom. The smallest absolute Gasteiger partial charge is 0.236 e. The molecule has 2 aromatic carbocycles. The predicted molar refractivity (Wildman–Crippen MR) is 140 cm³/mol. The highest BCUT2D eigenvalue weighted by molar-refractivity contribution is 5.91. The monoisotopic (exact) mass is 472 g/mol. The minimum atomic E-state index is 0.485. The van der Waals surface area contributed by atoms with Crippen LogP contribution in [-0.4, -0.2) is 66.0 Å². The third-order valence-electron chi connectivity index (χ3n) is 6.99. The number of nitrogens with one attached hydrogen (secondary N) is 1. The number of aryl methyl sites for hydroxylation is 1. The maximum Gasteiger partial charge on any atom is 0.236 e. The van der Waals surface area contributed by atoms with Crippen LogP contribution >= 0.6 is 0 Å². The molecule has 1 fully saturated rings. The first kappa shape index (κ1) is 23.5. The van der Waals surface area contributed by atoms with Crippen molar-refractivity contribution in [2.24, 2.45) is 0 Å². The van der Waals surface area contributed by atoms with Gasteiger partial charge in [-0.1, -0.05) is 30.7 Å². The van der Waals surface area contributed by atoms with Gasteiger partial charge in [0.1, 0.15) is 36.6 Å². The van der Waals surface area contributed by atoms with E-state index in [9.17, 15) is 0 Å². The summed E-state index contributed by atoms with van der Waals surface area (Å²) in [6.07, 6.45) is 3.58. The van der Waals surface area contributed by atoms with E-state index < -0.39 is 0 Å². The zero-order chi connectivity index (χ0) is 24.1. The Kier molecular flexibility index (Phi) is 7.08. The Bertz CT molecular complexity index is 1230. The number of benzene rings is 2. The van der Waals surface area contributed by atoms with Crippen LogP contribution in [0.5, 0.6) is 5.75 Å². The highest BCUT2D eigenvalue weighted by Crippen LogP contribution is 2.39. The van der Waals surface area contributed by atoms with Crippen molar-refractivity contribution in [1.82, 2.24) is 24.6 Å². The molecule has 1 N–H and O–H groups in total. The van der Waals surface area contributed by atoms with Crippen LogP contribution in [0.25, 0.3) is 10.9 Å². The number of fused-ring (bicyclic) bond motifs is 1. The molecule has 1 aliphatic rings. The number of hydrogen-bond acceptors (Lipinski definition) is 5. The van der Waals surface area contributed by atoms with Gasteiger partial charge in [0.05, 0.1) is 18.6 Å². The van der Waals surface area contributed by atoms with Crippen molar-refractivity contribution >= 4 is 22.4 Å². The molecule has 35 heavy (non-hydrogen) atoms. The van der Waals surface area contributed by atoms with Crippen LogP contribution in [0, 0.1) is 6.92 Å². The summed E-state index contributed by atoms with van der Waals surface area (Å²) in [6, 6.07) is 19.1. The zero-order valence-corrected chi connectivity index (χ0v) is 20.6. The Balaban J connectivity index is 1.31. The Labute approximate surface area is 206 Å². The van der Waals surface area contributed by atoms with Crippen molar-refractivity contribution in [3.05, 3.63) is 78.1 Å². The standard InChI is InChI=1S/C28H34N5O2/c1-3-32-13-15-33(16-14-32,24-8-6-22(2)7-9-24)28-26-11-10-25(19-27(26)30-31-28)35-18-17-34-21-23-5-4-12-29-20-23/h4-12,19-20H,3,13-18,21H2,1-2H3,(H,30,31)/q+1. The number of H-pyrrole nitrogens is 1. The average molecular weight is 473 g/mol. The van der Waals surface area contributed by atoms with E-state index >= 15 is 0 Å². The van der Waals surface area contributed by atoms with Gasteiger partial charge in [0, 0.05) is 31.5 Å². The Morgan fingerprint density at radius 2 is 1.86 bits per heavy atom. The van der Waals surface area contributed by atoms with E-state index in [0.717, 1.165) is 65.2 Å². The summed E-state index contributed by atoms with van der Waals surface area (Å²) in [5.41, 5.74) is 4.57.